The summed E-state index contributed by atoms with van der Waals surface area (Å²) in [5.41, 5.74) is 7.88. The van der Waals surface area contributed by atoms with Gasteiger partial charge in [-0.05, 0) is 44.9 Å². The second kappa shape index (κ2) is 4.30. The summed E-state index contributed by atoms with van der Waals surface area (Å²) in [4.78, 5) is 4.70. The van der Waals surface area contributed by atoms with E-state index >= 15 is 0 Å². The number of nitrogens with zero attached hydrogens (tertiary/aromatic N) is 2. The Kier molecular flexibility index (Phi) is 2.86. The van der Waals surface area contributed by atoms with E-state index in [0.29, 0.717) is 0 Å². The fourth-order valence-corrected chi connectivity index (χ4v) is 3.17. The molecule has 2 N–H and O–H groups in total. The maximum absolute atomic E-state index is 13.5. The minimum Gasteiger partial charge on any atom is -0.324 e. The summed E-state index contributed by atoms with van der Waals surface area (Å²) in [6.45, 7) is 4.18. The zero-order chi connectivity index (χ0) is 13.6. The van der Waals surface area contributed by atoms with Gasteiger partial charge in [-0.15, -0.1) is 0 Å². The number of halogens is 1. The fourth-order valence-electron chi connectivity index (χ4n) is 3.17. The van der Waals surface area contributed by atoms with Crippen LogP contribution in [-0.4, -0.2) is 9.55 Å². The van der Waals surface area contributed by atoms with E-state index in [1.165, 1.54) is 6.07 Å². The number of hydrogen-bond donors (Lipinski definition) is 1. The minimum atomic E-state index is -0.347. The van der Waals surface area contributed by atoms with Gasteiger partial charge in [0.2, 0.25) is 0 Å². The Bertz CT molecular complexity index is 609. The second-order valence-corrected chi connectivity index (χ2v) is 5.90. The molecule has 1 heterocycles. The molecule has 0 spiro atoms. The normalized spacial score (nSPS) is 18.6. The van der Waals surface area contributed by atoms with Crippen LogP contribution in [-0.2, 0) is 5.54 Å². The predicted octanol–water partition coefficient (Wildman–Crippen LogP) is 3.48. The van der Waals surface area contributed by atoms with Gasteiger partial charge in [-0.1, -0.05) is 12.8 Å². The molecule has 1 fully saturated rings. The molecule has 3 nitrogen and oxygen atoms in total. The van der Waals surface area contributed by atoms with Gasteiger partial charge in [0.1, 0.15) is 11.6 Å². The van der Waals surface area contributed by atoms with Gasteiger partial charge >= 0.3 is 0 Å². The molecule has 0 saturated heterocycles. The largest absolute Gasteiger partial charge is 0.324 e. The number of aromatic nitrogens is 2. The van der Waals surface area contributed by atoms with E-state index in [-0.39, 0.29) is 17.4 Å². The topological polar surface area (TPSA) is 43.8 Å². The Morgan fingerprint density at radius 3 is 2.63 bits per heavy atom. The van der Waals surface area contributed by atoms with Crippen molar-refractivity contribution >= 4 is 11.0 Å². The van der Waals surface area contributed by atoms with E-state index in [1.807, 2.05) is 0 Å². The summed E-state index contributed by atoms with van der Waals surface area (Å²) >= 11 is 0. The first-order valence-corrected chi connectivity index (χ1v) is 6.98. The lowest BCUT2D eigenvalue weighted by Gasteiger charge is -2.26. The van der Waals surface area contributed by atoms with Crippen LogP contribution in [0.5, 0.6) is 0 Å². The van der Waals surface area contributed by atoms with Crippen molar-refractivity contribution in [3.63, 3.8) is 0 Å². The molecule has 0 bridgehead atoms. The fraction of sp³-hybridized carbons (Fsp3) is 0.533. The molecule has 3 rings (SSSR count). The van der Waals surface area contributed by atoms with Crippen molar-refractivity contribution in [2.45, 2.75) is 51.1 Å². The van der Waals surface area contributed by atoms with Crippen LogP contribution in [0.25, 0.3) is 11.0 Å². The molecule has 1 aromatic carbocycles. The Labute approximate surface area is 112 Å². The first kappa shape index (κ1) is 12.6. The van der Waals surface area contributed by atoms with Crippen molar-refractivity contribution in [3.05, 3.63) is 29.8 Å². The third kappa shape index (κ3) is 1.94. The zero-order valence-electron chi connectivity index (χ0n) is 11.5. The van der Waals surface area contributed by atoms with Crippen molar-refractivity contribution in [1.82, 2.24) is 9.55 Å². The summed E-state index contributed by atoms with van der Waals surface area (Å²) in [6.07, 6.45) is 4.22. The van der Waals surface area contributed by atoms with E-state index in [9.17, 15) is 4.39 Å². The van der Waals surface area contributed by atoms with Crippen LogP contribution in [0.15, 0.2) is 18.2 Å². The molecule has 0 radical (unpaired) electrons. The first-order chi connectivity index (χ1) is 9.01. The SMILES string of the molecule is CC(C)n1c(C2(N)CCCC2)nc2ccc(F)cc21. The lowest BCUT2D eigenvalue weighted by molar-refractivity contribution is 0.398. The summed E-state index contributed by atoms with van der Waals surface area (Å²) in [6, 6.07) is 4.99. The molecule has 1 aliphatic rings. The van der Waals surface area contributed by atoms with E-state index in [0.717, 1.165) is 42.5 Å². The zero-order valence-corrected chi connectivity index (χ0v) is 11.5. The predicted molar refractivity (Wildman–Crippen MR) is 74.4 cm³/mol. The molecule has 0 unspecified atom stereocenters. The molecular formula is C15H20FN3. The molecule has 102 valence electrons. The van der Waals surface area contributed by atoms with Crippen LogP contribution in [0.4, 0.5) is 4.39 Å². The minimum absolute atomic E-state index is 0.224. The monoisotopic (exact) mass is 261 g/mol. The number of fused-ring (bicyclic) bond motifs is 1. The Hall–Kier alpha value is -1.42. The highest BCUT2D eigenvalue weighted by atomic mass is 19.1. The van der Waals surface area contributed by atoms with Crippen molar-refractivity contribution in [1.29, 1.82) is 0 Å². The third-order valence-electron chi connectivity index (χ3n) is 4.11. The lowest BCUT2D eigenvalue weighted by Crippen LogP contribution is -2.36. The maximum atomic E-state index is 13.5. The van der Waals surface area contributed by atoms with Crippen molar-refractivity contribution < 1.29 is 4.39 Å². The van der Waals surface area contributed by atoms with Gasteiger partial charge in [-0.2, -0.15) is 0 Å². The van der Waals surface area contributed by atoms with Gasteiger partial charge in [-0.3, -0.25) is 0 Å². The highest BCUT2D eigenvalue weighted by Gasteiger charge is 2.36. The van der Waals surface area contributed by atoms with Crippen molar-refractivity contribution in [2.24, 2.45) is 5.73 Å². The molecule has 0 atom stereocenters. The van der Waals surface area contributed by atoms with Crippen LogP contribution in [0.3, 0.4) is 0 Å². The molecule has 4 heteroatoms. The second-order valence-electron chi connectivity index (χ2n) is 5.90. The summed E-state index contributed by atoms with van der Waals surface area (Å²) in [5, 5.41) is 0. The average molecular weight is 261 g/mol. The molecule has 19 heavy (non-hydrogen) atoms. The van der Waals surface area contributed by atoms with Crippen molar-refractivity contribution in [3.8, 4) is 0 Å². The molecular weight excluding hydrogens is 241 g/mol. The quantitative estimate of drug-likeness (QED) is 0.899. The Morgan fingerprint density at radius 1 is 1.32 bits per heavy atom. The molecule has 1 aliphatic carbocycles. The van der Waals surface area contributed by atoms with Crippen LogP contribution < -0.4 is 5.73 Å². The van der Waals surface area contributed by atoms with Gasteiger partial charge in [0.15, 0.2) is 0 Å². The lowest BCUT2D eigenvalue weighted by atomic mass is 9.98. The summed E-state index contributed by atoms with van der Waals surface area (Å²) in [5.74, 6) is 0.693. The number of hydrogen-bond acceptors (Lipinski definition) is 2. The standard InChI is InChI=1S/C15H20FN3/c1-10(2)19-13-9-11(16)5-6-12(13)18-14(19)15(17)7-3-4-8-15/h5-6,9-10H,3-4,7-8,17H2,1-2H3. The van der Waals surface area contributed by atoms with Gasteiger partial charge in [0, 0.05) is 6.04 Å². The molecule has 2 aromatic rings. The third-order valence-corrected chi connectivity index (χ3v) is 4.11. The van der Waals surface area contributed by atoms with Crippen LogP contribution in [0, 0.1) is 5.82 Å². The van der Waals surface area contributed by atoms with E-state index in [2.05, 4.69) is 18.4 Å². The van der Waals surface area contributed by atoms with E-state index < -0.39 is 0 Å². The van der Waals surface area contributed by atoms with Gasteiger partial charge in [0.25, 0.3) is 0 Å². The first-order valence-electron chi connectivity index (χ1n) is 6.98. The summed E-state index contributed by atoms with van der Waals surface area (Å²) in [7, 11) is 0. The van der Waals surface area contributed by atoms with Crippen molar-refractivity contribution in [2.75, 3.05) is 0 Å². The van der Waals surface area contributed by atoms with Crippen LogP contribution >= 0.6 is 0 Å². The molecule has 0 amide bonds. The van der Waals surface area contributed by atoms with Gasteiger partial charge in [0.05, 0.1) is 16.6 Å². The van der Waals surface area contributed by atoms with E-state index in [1.54, 1.807) is 12.1 Å². The highest BCUT2D eigenvalue weighted by molar-refractivity contribution is 5.76. The van der Waals surface area contributed by atoms with Gasteiger partial charge < -0.3 is 10.3 Å². The smallest absolute Gasteiger partial charge is 0.130 e. The molecule has 1 saturated carbocycles. The summed E-state index contributed by atoms with van der Waals surface area (Å²) < 4.78 is 15.6. The number of benzene rings is 1. The highest BCUT2D eigenvalue weighted by Crippen LogP contribution is 2.38. The van der Waals surface area contributed by atoms with E-state index in [4.69, 9.17) is 10.7 Å². The maximum Gasteiger partial charge on any atom is 0.130 e. The molecule has 0 aliphatic heterocycles. The Morgan fingerprint density at radius 2 is 2.00 bits per heavy atom. The molecule has 1 aromatic heterocycles. The van der Waals surface area contributed by atoms with Crippen LogP contribution in [0.1, 0.15) is 51.4 Å². The number of rotatable bonds is 2. The van der Waals surface area contributed by atoms with Crippen LogP contribution in [0.2, 0.25) is 0 Å². The number of imidazole rings is 1. The van der Waals surface area contributed by atoms with Gasteiger partial charge in [-0.25, -0.2) is 9.37 Å². The Balaban J connectivity index is 2.26. The number of nitrogens with two attached hydrogens (primary N) is 1. The average Bonchev–Trinajstić information content (AvgIpc) is 2.93.